The molecule has 1 atom stereocenters. The minimum atomic E-state index is -1.06. The number of hydrogen-bond donors (Lipinski definition) is 1. The molecule has 1 aromatic rings. The van der Waals surface area contributed by atoms with E-state index >= 15 is 0 Å². The summed E-state index contributed by atoms with van der Waals surface area (Å²) >= 11 is 0. The second-order valence-corrected chi connectivity index (χ2v) is 5.30. The fourth-order valence-electron chi connectivity index (χ4n) is 2.18. The fourth-order valence-corrected chi connectivity index (χ4v) is 2.18. The van der Waals surface area contributed by atoms with Crippen LogP contribution in [0.15, 0.2) is 30.3 Å². The molecule has 1 saturated heterocycles. The van der Waals surface area contributed by atoms with Crippen molar-refractivity contribution in [3.05, 3.63) is 35.9 Å². The molecular formula is C14H17NO3. The van der Waals surface area contributed by atoms with E-state index in [1.165, 1.54) is 0 Å². The Morgan fingerprint density at radius 2 is 1.89 bits per heavy atom. The van der Waals surface area contributed by atoms with Gasteiger partial charge in [-0.25, -0.2) is 0 Å². The quantitative estimate of drug-likeness (QED) is 0.819. The minimum absolute atomic E-state index is 0.0496. The summed E-state index contributed by atoms with van der Waals surface area (Å²) in [5.41, 5.74) is -0.203. The van der Waals surface area contributed by atoms with E-state index < -0.39 is 11.5 Å². The highest BCUT2D eigenvalue weighted by molar-refractivity contribution is 6.06. The molecule has 1 unspecified atom stereocenters. The maximum absolute atomic E-state index is 12.2. The van der Waals surface area contributed by atoms with Crippen molar-refractivity contribution in [3.63, 3.8) is 0 Å². The summed E-state index contributed by atoms with van der Waals surface area (Å²) in [4.78, 5) is 25.2. The molecule has 18 heavy (non-hydrogen) atoms. The number of amides is 2. The first-order valence-electron chi connectivity index (χ1n) is 6.00. The Bertz CT molecular complexity index is 462. The van der Waals surface area contributed by atoms with Crippen LogP contribution in [0.2, 0.25) is 0 Å². The van der Waals surface area contributed by atoms with Crippen LogP contribution in [-0.2, 0) is 9.59 Å². The van der Waals surface area contributed by atoms with Crippen LogP contribution in [0.4, 0.5) is 0 Å². The average Bonchev–Trinajstić information content (AvgIpc) is 2.56. The van der Waals surface area contributed by atoms with E-state index in [-0.39, 0.29) is 24.8 Å². The monoisotopic (exact) mass is 247 g/mol. The summed E-state index contributed by atoms with van der Waals surface area (Å²) in [5.74, 6) is -0.828. The molecule has 4 nitrogen and oxygen atoms in total. The highest BCUT2D eigenvalue weighted by Crippen LogP contribution is 2.30. The molecule has 1 heterocycles. The Hall–Kier alpha value is -1.68. The van der Waals surface area contributed by atoms with Gasteiger partial charge in [0, 0.05) is 6.42 Å². The van der Waals surface area contributed by atoms with Crippen molar-refractivity contribution in [3.8, 4) is 0 Å². The van der Waals surface area contributed by atoms with Crippen LogP contribution >= 0.6 is 0 Å². The van der Waals surface area contributed by atoms with Crippen LogP contribution in [-0.4, -0.2) is 34.0 Å². The van der Waals surface area contributed by atoms with Gasteiger partial charge in [0.1, 0.15) is 0 Å². The van der Waals surface area contributed by atoms with Gasteiger partial charge in [0.05, 0.1) is 18.1 Å². The number of β-amino-alcohol motifs (C(OH)–C–C–N with tert-alkyl or cyclic N) is 1. The Morgan fingerprint density at radius 1 is 1.28 bits per heavy atom. The van der Waals surface area contributed by atoms with Crippen molar-refractivity contribution in [2.24, 2.45) is 0 Å². The lowest BCUT2D eigenvalue weighted by atomic mass is 9.98. The zero-order valence-electron chi connectivity index (χ0n) is 10.6. The molecule has 0 radical (unpaired) electrons. The Labute approximate surface area is 106 Å². The lowest BCUT2D eigenvalue weighted by Gasteiger charge is -2.24. The lowest BCUT2D eigenvalue weighted by molar-refractivity contribution is -0.142. The van der Waals surface area contributed by atoms with E-state index in [4.69, 9.17) is 0 Å². The maximum Gasteiger partial charge on any atom is 0.237 e. The van der Waals surface area contributed by atoms with E-state index in [0.717, 1.165) is 10.5 Å². The average molecular weight is 247 g/mol. The van der Waals surface area contributed by atoms with E-state index in [0.29, 0.717) is 0 Å². The van der Waals surface area contributed by atoms with E-state index in [2.05, 4.69) is 0 Å². The van der Waals surface area contributed by atoms with Crippen LogP contribution in [0.1, 0.15) is 31.7 Å². The molecule has 0 aromatic heterocycles. The molecule has 1 fully saturated rings. The zero-order chi connectivity index (χ0) is 13.3. The predicted octanol–water partition coefficient (Wildman–Crippen LogP) is 1.30. The number of likely N-dealkylation sites (tertiary alicyclic amines) is 1. The molecule has 1 aliphatic rings. The summed E-state index contributed by atoms with van der Waals surface area (Å²) in [5, 5.41) is 9.72. The second-order valence-electron chi connectivity index (χ2n) is 5.30. The largest absolute Gasteiger partial charge is 0.389 e. The van der Waals surface area contributed by atoms with Crippen molar-refractivity contribution >= 4 is 11.8 Å². The van der Waals surface area contributed by atoms with Gasteiger partial charge in [-0.2, -0.15) is 0 Å². The van der Waals surface area contributed by atoms with Crippen LogP contribution in [0.3, 0.4) is 0 Å². The third-order valence-corrected chi connectivity index (χ3v) is 2.99. The molecule has 2 rings (SSSR count). The molecule has 2 amide bonds. The number of hydrogen-bond acceptors (Lipinski definition) is 3. The molecular weight excluding hydrogens is 230 g/mol. The van der Waals surface area contributed by atoms with Crippen molar-refractivity contribution in [2.75, 3.05) is 6.54 Å². The van der Waals surface area contributed by atoms with E-state index in [9.17, 15) is 14.7 Å². The topological polar surface area (TPSA) is 57.6 Å². The first-order chi connectivity index (χ1) is 8.38. The molecule has 4 heteroatoms. The summed E-state index contributed by atoms with van der Waals surface area (Å²) in [6.07, 6.45) is 0.193. The van der Waals surface area contributed by atoms with Crippen molar-refractivity contribution in [1.29, 1.82) is 0 Å². The van der Waals surface area contributed by atoms with Crippen LogP contribution in [0.25, 0.3) is 0 Å². The predicted molar refractivity (Wildman–Crippen MR) is 66.8 cm³/mol. The zero-order valence-corrected chi connectivity index (χ0v) is 10.6. The number of nitrogens with zero attached hydrogens (tertiary/aromatic N) is 1. The first-order valence-corrected chi connectivity index (χ1v) is 6.00. The summed E-state index contributed by atoms with van der Waals surface area (Å²) in [7, 11) is 0. The third-order valence-electron chi connectivity index (χ3n) is 2.99. The van der Waals surface area contributed by atoms with Crippen molar-refractivity contribution in [2.45, 2.75) is 31.8 Å². The number of imide groups is 1. The number of aliphatic hydroxyl groups is 1. The van der Waals surface area contributed by atoms with Gasteiger partial charge in [-0.05, 0) is 19.4 Å². The molecule has 96 valence electrons. The smallest absolute Gasteiger partial charge is 0.237 e. The van der Waals surface area contributed by atoms with Gasteiger partial charge in [0.25, 0.3) is 0 Å². The van der Waals surface area contributed by atoms with Crippen LogP contribution < -0.4 is 0 Å². The Balaban J connectivity index is 2.20. The van der Waals surface area contributed by atoms with Crippen molar-refractivity contribution in [1.82, 2.24) is 4.90 Å². The first kappa shape index (κ1) is 12.8. The summed E-state index contributed by atoms with van der Waals surface area (Å²) in [6, 6.07) is 9.28. The molecule has 1 N–H and O–H groups in total. The minimum Gasteiger partial charge on any atom is -0.389 e. The Morgan fingerprint density at radius 3 is 2.44 bits per heavy atom. The van der Waals surface area contributed by atoms with Crippen LogP contribution in [0, 0.1) is 0 Å². The molecule has 0 spiro atoms. The molecule has 0 bridgehead atoms. The van der Waals surface area contributed by atoms with Gasteiger partial charge in [-0.3, -0.25) is 14.5 Å². The van der Waals surface area contributed by atoms with Gasteiger partial charge >= 0.3 is 0 Å². The molecule has 0 aliphatic carbocycles. The summed E-state index contributed by atoms with van der Waals surface area (Å²) in [6.45, 7) is 3.22. The molecule has 0 saturated carbocycles. The number of rotatable bonds is 3. The highest BCUT2D eigenvalue weighted by atomic mass is 16.3. The van der Waals surface area contributed by atoms with Crippen LogP contribution in [0.5, 0.6) is 0 Å². The summed E-state index contributed by atoms with van der Waals surface area (Å²) < 4.78 is 0. The van der Waals surface area contributed by atoms with Gasteiger partial charge in [-0.15, -0.1) is 0 Å². The standard InChI is InChI=1S/C14H17NO3/c1-14(2,18)9-15-12(16)8-11(13(15)17)10-6-4-3-5-7-10/h3-7,11,18H,8-9H2,1-2H3. The third kappa shape index (κ3) is 2.59. The van der Waals surface area contributed by atoms with Crippen molar-refractivity contribution < 1.29 is 14.7 Å². The highest BCUT2D eigenvalue weighted by Gasteiger charge is 2.41. The van der Waals surface area contributed by atoms with Gasteiger partial charge in [-0.1, -0.05) is 30.3 Å². The number of carbonyl (C=O) groups is 2. The second kappa shape index (κ2) is 4.53. The SMILES string of the molecule is CC(C)(O)CN1C(=O)CC(c2ccccc2)C1=O. The molecule has 1 aliphatic heterocycles. The number of carbonyl (C=O) groups excluding carboxylic acids is 2. The number of benzene rings is 1. The van der Waals surface area contributed by atoms with Gasteiger partial charge in [0.15, 0.2) is 0 Å². The fraction of sp³-hybridized carbons (Fsp3) is 0.429. The normalized spacial score (nSPS) is 20.6. The van der Waals surface area contributed by atoms with Gasteiger partial charge in [0.2, 0.25) is 11.8 Å². The van der Waals surface area contributed by atoms with Gasteiger partial charge < -0.3 is 5.11 Å². The van der Waals surface area contributed by atoms with E-state index in [1.807, 2.05) is 30.3 Å². The maximum atomic E-state index is 12.2. The lowest BCUT2D eigenvalue weighted by Crippen LogP contribution is -2.42. The Kier molecular flexibility index (Phi) is 3.22. The van der Waals surface area contributed by atoms with E-state index in [1.54, 1.807) is 13.8 Å². The molecule has 1 aromatic carbocycles.